The number of amides is 1. The predicted octanol–water partition coefficient (Wildman–Crippen LogP) is 0.746. The highest BCUT2D eigenvalue weighted by molar-refractivity contribution is 7.60. The first-order valence-electron chi connectivity index (χ1n) is 9.80. The number of carbonyl (C=O) groups is 1. The van der Waals surface area contributed by atoms with Crippen LogP contribution in [-0.2, 0) is 27.8 Å². The number of aromatic hydroxyl groups is 1. The van der Waals surface area contributed by atoms with Gasteiger partial charge in [-0.1, -0.05) is 13.8 Å². The molecule has 12 heteroatoms. The summed E-state index contributed by atoms with van der Waals surface area (Å²) in [5.41, 5.74) is -1.52. The molecule has 0 saturated heterocycles. The summed E-state index contributed by atoms with van der Waals surface area (Å²) in [4.78, 5) is 48.9. The fraction of sp³-hybridized carbons (Fsp3) is 0.450. The molecule has 0 unspecified atom stereocenters. The molecule has 32 heavy (non-hydrogen) atoms. The fourth-order valence-electron chi connectivity index (χ4n) is 3.62. The van der Waals surface area contributed by atoms with Crippen molar-refractivity contribution in [1.29, 1.82) is 0 Å². The maximum absolute atomic E-state index is 14.1. The average molecular weight is 469 g/mol. The summed E-state index contributed by atoms with van der Waals surface area (Å²) < 4.78 is 32.7. The number of halogens is 1. The monoisotopic (exact) mass is 469 g/mol. The van der Waals surface area contributed by atoms with Crippen LogP contribution < -0.4 is 16.2 Å². The molecule has 1 amide bonds. The van der Waals surface area contributed by atoms with E-state index in [2.05, 4.69) is 10.3 Å². The molecule has 2 aromatic rings. The molecule has 4 N–H and O–H groups in total. The molecule has 0 atom stereocenters. The van der Waals surface area contributed by atoms with E-state index in [1.165, 1.54) is 18.4 Å². The number of nitrogens with zero attached hydrogens (tertiary/aromatic N) is 2. The van der Waals surface area contributed by atoms with E-state index in [0.717, 1.165) is 6.07 Å². The van der Waals surface area contributed by atoms with Crippen LogP contribution in [0.3, 0.4) is 0 Å². The molecule has 3 rings (SSSR count). The number of ether oxygens (including phenoxy) is 1. The maximum Gasteiger partial charge on any atom is 0.356 e. The van der Waals surface area contributed by atoms with Crippen LogP contribution in [-0.4, -0.2) is 43.6 Å². The maximum atomic E-state index is 14.1. The summed E-state index contributed by atoms with van der Waals surface area (Å²) in [6.45, 7) is 6.79. The number of hydrogen-bond donors (Lipinski definition) is 4. The van der Waals surface area contributed by atoms with Crippen LogP contribution in [0.4, 0.5) is 4.39 Å². The van der Waals surface area contributed by atoms with Crippen molar-refractivity contribution in [2.45, 2.75) is 46.2 Å². The van der Waals surface area contributed by atoms with Crippen molar-refractivity contribution in [2.75, 3.05) is 13.2 Å². The van der Waals surface area contributed by atoms with Crippen LogP contribution in [0.1, 0.15) is 46.9 Å². The van der Waals surface area contributed by atoms with Gasteiger partial charge < -0.3 is 24.9 Å². The Balaban J connectivity index is 2.01. The number of hydrogen-bond acceptors (Lipinski definition) is 6. The Hall–Kier alpha value is -2.59. The summed E-state index contributed by atoms with van der Waals surface area (Å²) in [5, 5.41) is 12.2. The molecule has 0 saturated carbocycles. The Labute approximate surface area is 183 Å². The normalized spacial score (nSPS) is 15.7. The quantitative estimate of drug-likeness (QED) is 0.479. The van der Waals surface area contributed by atoms with Crippen molar-refractivity contribution in [3.63, 3.8) is 0 Å². The zero-order valence-electron chi connectivity index (χ0n) is 18.1. The Kier molecular flexibility index (Phi) is 6.32. The van der Waals surface area contributed by atoms with Gasteiger partial charge in [0, 0.05) is 12.0 Å². The summed E-state index contributed by atoms with van der Waals surface area (Å²) in [5.74, 6) is -2.26. The van der Waals surface area contributed by atoms with E-state index in [4.69, 9.17) is 4.74 Å². The summed E-state index contributed by atoms with van der Waals surface area (Å²) in [7, 11) is -4.84. The number of nitrogens with one attached hydrogen (secondary N) is 1. The predicted molar refractivity (Wildman–Crippen MR) is 113 cm³/mol. The van der Waals surface area contributed by atoms with Crippen LogP contribution in [0.5, 0.6) is 5.75 Å². The molecule has 0 radical (unpaired) electrons. The molecule has 1 aromatic heterocycles. The molecule has 174 valence electrons. The van der Waals surface area contributed by atoms with Crippen molar-refractivity contribution in [2.24, 2.45) is 0 Å². The molecule has 0 bridgehead atoms. The number of carbonyl (C=O) groups excluding carboxylic acids is 1. The van der Waals surface area contributed by atoms with Gasteiger partial charge in [0.2, 0.25) is 5.75 Å². The fourth-order valence-corrected chi connectivity index (χ4v) is 4.50. The zero-order chi connectivity index (χ0) is 24.0. The Morgan fingerprint density at radius 3 is 2.62 bits per heavy atom. The second-order valence-electron chi connectivity index (χ2n) is 8.36. The Morgan fingerprint density at radius 2 is 2.00 bits per heavy atom. The lowest BCUT2D eigenvalue weighted by Gasteiger charge is -2.24. The van der Waals surface area contributed by atoms with Gasteiger partial charge >= 0.3 is 7.60 Å². The largest absolute Gasteiger partial charge is 0.501 e. The van der Waals surface area contributed by atoms with Crippen LogP contribution in [0.25, 0.3) is 0 Å². The van der Waals surface area contributed by atoms with Gasteiger partial charge in [0.1, 0.15) is 11.6 Å². The highest BCUT2D eigenvalue weighted by Gasteiger charge is 2.33. The molecule has 0 spiro atoms. The minimum absolute atomic E-state index is 0.0466. The SMILES string of the molecule is Cc1c(F)cc(P(=O)(O)O)c(CNC(=O)c2nc3n(c(=O)c2O)CCOCC3(C)C)c1C. The second-order valence-corrected chi connectivity index (χ2v) is 9.93. The van der Waals surface area contributed by atoms with Gasteiger partial charge in [-0.05, 0) is 36.6 Å². The lowest BCUT2D eigenvalue weighted by molar-refractivity contribution is 0.0939. The molecular formula is C20H25FN3O7P. The third-order valence-corrected chi connectivity index (χ3v) is 6.60. The molecule has 1 aliphatic heterocycles. The van der Waals surface area contributed by atoms with Crippen molar-refractivity contribution < 1.29 is 33.4 Å². The minimum Gasteiger partial charge on any atom is -0.501 e. The summed E-state index contributed by atoms with van der Waals surface area (Å²) >= 11 is 0. The lowest BCUT2D eigenvalue weighted by Crippen LogP contribution is -2.36. The summed E-state index contributed by atoms with van der Waals surface area (Å²) in [6.07, 6.45) is 0. The zero-order valence-corrected chi connectivity index (χ0v) is 19.0. The smallest absolute Gasteiger partial charge is 0.356 e. The van der Waals surface area contributed by atoms with Crippen LogP contribution in [0.2, 0.25) is 0 Å². The van der Waals surface area contributed by atoms with E-state index in [0.29, 0.717) is 0 Å². The van der Waals surface area contributed by atoms with Crippen LogP contribution >= 0.6 is 7.60 Å². The first kappa shape index (κ1) is 24.1. The average Bonchev–Trinajstić information content (AvgIpc) is 2.85. The highest BCUT2D eigenvalue weighted by Crippen LogP contribution is 2.36. The van der Waals surface area contributed by atoms with E-state index in [-0.39, 0.29) is 48.8 Å². The molecule has 10 nitrogen and oxygen atoms in total. The molecule has 1 aliphatic rings. The first-order valence-corrected chi connectivity index (χ1v) is 11.4. The number of rotatable bonds is 4. The van der Waals surface area contributed by atoms with Crippen LogP contribution in [0.15, 0.2) is 10.9 Å². The van der Waals surface area contributed by atoms with Crippen LogP contribution in [0, 0.1) is 19.7 Å². The van der Waals surface area contributed by atoms with Gasteiger partial charge in [-0.25, -0.2) is 9.37 Å². The summed E-state index contributed by atoms with van der Waals surface area (Å²) in [6, 6.07) is 0.748. The van der Waals surface area contributed by atoms with E-state index in [1.54, 1.807) is 13.8 Å². The minimum atomic E-state index is -4.84. The number of aromatic nitrogens is 2. The van der Waals surface area contributed by atoms with Crippen molar-refractivity contribution in [3.8, 4) is 5.75 Å². The molecule has 0 aliphatic carbocycles. The van der Waals surface area contributed by atoms with E-state index in [9.17, 15) is 33.4 Å². The molecule has 0 fully saturated rings. The van der Waals surface area contributed by atoms with E-state index in [1.807, 2.05) is 0 Å². The standard InChI is InChI=1S/C20H25FN3O7P/c1-10-11(2)13(21)7-14(32(28,29)30)12(10)8-22-17(26)15-16(25)18(27)24-5-6-31-9-20(3,4)19(24)23-15/h7,25H,5-6,8-9H2,1-4H3,(H,22,26)(H2,28,29,30). The highest BCUT2D eigenvalue weighted by atomic mass is 31.2. The van der Waals surface area contributed by atoms with Gasteiger partial charge in [0.15, 0.2) is 5.69 Å². The van der Waals surface area contributed by atoms with Gasteiger partial charge in [0.05, 0.1) is 25.1 Å². The molecule has 1 aromatic carbocycles. The van der Waals surface area contributed by atoms with E-state index >= 15 is 0 Å². The lowest BCUT2D eigenvalue weighted by atomic mass is 9.93. The van der Waals surface area contributed by atoms with Gasteiger partial charge in [-0.2, -0.15) is 0 Å². The topological polar surface area (TPSA) is 151 Å². The van der Waals surface area contributed by atoms with Gasteiger partial charge in [0.25, 0.3) is 11.5 Å². The van der Waals surface area contributed by atoms with Gasteiger partial charge in [-0.15, -0.1) is 0 Å². The van der Waals surface area contributed by atoms with Crippen molar-refractivity contribution in [1.82, 2.24) is 14.9 Å². The Morgan fingerprint density at radius 1 is 1.34 bits per heavy atom. The third-order valence-electron chi connectivity index (χ3n) is 5.57. The third kappa shape index (κ3) is 4.33. The first-order chi connectivity index (χ1) is 14.8. The van der Waals surface area contributed by atoms with Crippen molar-refractivity contribution >= 4 is 18.8 Å². The van der Waals surface area contributed by atoms with Gasteiger partial charge in [-0.3, -0.25) is 18.7 Å². The van der Waals surface area contributed by atoms with E-state index < -0.39 is 47.0 Å². The molecular weight excluding hydrogens is 444 g/mol. The van der Waals surface area contributed by atoms with Crippen molar-refractivity contribution in [3.05, 3.63) is 50.4 Å². The molecule has 2 heterocycles. The number of fused-ring (bicyclic) bond motifs is 1. The Bertz CT molecular complexity index is 1200. The second kappa shape index (κ2) is 8.40. The number of benzene rings is 1.